The molecule has 0 saturated heterocycles. The fourth-order valence-electron chi connectivity index (χ4n) is 2.25. The van der Waals surface area contributed by atoms with Gasteiger partial charge in [-0.2, -0.15) is 0 Å². The van der Waals surface area contributed by atoms with E-state index in [1.54, 1.807) is 0 Å². The normalized spacial score (nSPS) is 10.4. The molecule has 0 N–H and O–H groups in total. The molecular formula is C19H22. The molecule has 0 saturated carbocycles. The molecule has 0 aliphatic heterocycles. The molecule has 0 unspecified atom stereocenters. The highest BCUT2D eigenvalue weighted by atomic mass is 14.0. The van der Waals surface area contributed by atoms with Gasteiger partial charge in [-0.25, -0.2) is 0 Å². The number of hydrogen-bond acceptors (Lipinski definition) is 0. The van der Waals surface area contributed by atoms with Gasteiger partial charge < -0.3 is 0 Å². The summed E-state index contributed by atoms with van der Waals surface area (Å²) in [6, 6.07) is 17.5. The van der Waals surface area contributed by atoms with Gasteiger partial charge in [-0.05, 0) is 35.1 Å². The fraction of sp³-hybridized carbons (Fsp3) is 0.263. The van der Waals surface area contributed by atoms with Crippen molar-refractivity contribution in [3.63, 3.8) is 0 Å². The van der Waals surface area contributed by atoms with Crippen LogP contribution in [0.1, 0.15) is 37.3 Å². The highest BCUT2D eigenvalue weighted by Gasteiger charge is 1.98. The molecule has 0 amide bonds. The molecule has 0 heterocycles. The minimum Gasteiger partial charge on any atom is -0.0985 e. The van der Waals surface area contributed by atoms with Crippen LogP contribution in [0.5, 0.6) is 0 Å². The molecule has 0 bridgehead atoms. The Labute approximate surface area is 116 Å². The predicted molar refractivity (Wildman–Crippen MR) is 85.2 cm³/mol. The van der Waals surface area contributed by atoms with Gasteiger partial charge in [0.2, 0.25) is 0 Å². The highest BCUT2D eigenvalue weighted by molar-refractivity contribution is 5.65. The molecule has 0 fully saturated rings. The topological polar surface area (TPSA) is 0 Å². The van der Waals surface area contributed by atoms with Gasteiger partial charge in [0, 0.05) is 0 Å². The van der Waals surface area contributed by atoms with Crippen LogP contribution in [0.4, 0.5) is 0 Å². The van der Waals surface area contributed by atoms with Crippen LogP contribution in [0.25, 0.3) is 17.2 Å². The standard InChI is InChI=1S/C19H22/c1-3-5-6-7-17-10-14-19(15-11-17)18-12-8-16(4-2)9-13-18/h4,8-15H,2-3,5-7H2,1H3. The van der Waals surface area contributed by atoms with Crippen molar-refractivity contribution < 1.29 is 0 Å². The summed E-state index contributed by atoms with van der Waals surface area (Å²) < 4.78 is 0. The summed E-state index contributed by atoms with van der Waals surface area (Å²) in [4.78, 5) is 0. The van der Waals surface area contributed by atoms with E-state index in [2.05, 4.69) is 62.0 Å². The lowest BCUT2D eigenvalue weighted by Gasteiger charge is -2.05. The molecule has 2 aromatic rings. The third-order valence-electron chi connectivity index (χ3n) is 3.50. The molecule has 0 aliphatic carbocycles. The molecule has 0 aromatic heterocycles. The molecule has 0 spiro atoms. The van der Waals surface area contributed by atoms with Crippen LogP contribution in [-0.4, -0.2) is 0 Å². The van der Waals surface area contributed by atoms with E-state index in [4.69, 9.17) is 0 Å². The maximum Gasteiger partial charge on any atom is -0.0184 e. The zero-order valence-corrected chi connectivity index (χ0v) is 11.7. The third kappa shape index (κ3) is 3.82. The second kappa shape index (κ2) is 6.94. The summed E-state index contributed by atoms with van der Waals surface area (Å²) in [6.07, 6.45) is 6.98. The first-order chi connectivity index (χ1) is 9.33. The van der Waals surface area contributed by atoms with Gasteiger partial charge in [0.05, 0.1) is 0 Å². The largest absolute Gasteiger partial charge is 0.0985 e. The second-order valence-corrected chi connectivity index (χ2v) is 4.98. The van der Waals surface area contributed by atoms with E-state index in [1.165, 1.54) is 47.9 Å². The molecule has 0 atom stereocenters. The number of rotatable bonds is 6. The lowest BCUT2D eigenvalue weighted by atomic mass is 10.0. The Balaban J connectivity index is 2.06. The summed E-state index contributed by atoms with van der Waals surface area (Å²) in [7, 11) is 0. The minimum absolute atomic E-state index is 1.17. The zero-order valence-electron chi connectivity index (χ0n) is 11.7. The molecule has 0 aliphatic rings. The molecule has 2 aromatic carbocycles. The van der Waals surface area contributed by atoms with Gasteiger partial charge in [-0.3, -0.25) is 0 Å². The summed E-state index contributed by atoms with van der Waals surface area (Å²) in [5.74, 6) is 0. The van der Waals surface area contributed by atoms with Crippen molar-refractivity contribution in [1.82, 2.24) is 0 Å². The van der Waals surface area contributed by atoms with Crippen LogP contribution < -0.4 is 0 Å². The van der Waals surface area contributed by atoms with Gasteiger partial charge in [-0.15, -0.1) is 0 Å². The van der Waals surface area contributed by atoms with E-state index >= 15 is 0 Å². The van der Waals surface area contributed by atoms with Gasteiger partial charge in [0.1, 0.15) is 0 Å². The first-order valence-electron chi connectivity index (χ1n) is 7.15. The van der Waals surface area contributed by atoms with Crippen molar-refractivity contribution in [2.45, 2.75) is 32.6 Å². The van der Waals surface area contributed by atoms with Crippen LogP contribution in [-0.2, 0) is 6.42 Å². The molecule has 0 radical (unpaired) electrons. The van der Waals surface area contributed by atoms with E-state index in [9.17, 15) is 0 Å². The summed E-state index contributed by atoms with van der Waals surface area (Å²) >= 11 is 0. The maximum atomic E-state index is 3.78. The van der Waals surface area contributed by atoms with Crippen molar-refractivity contribution in [2.24, 2.45) is 0 Å². The monoisotopic (exact) mass is 250 g/mol. The van der Waals surface area contributed by atoms with Crippen LogP contribution in [0.3, 0.4) is 0 Å². The van der Waals surface area contributed by atoms with E-state index in [0.717, 1.165) is 0 Å². The summed E-state index contributed by atoms with van der Waals surface area (Å²) in [5, 5.41) is 0. The number of hydrogen-bond donors (Lipinski definition) is 0. The highest BCUT2D eigenvalue weighted by Crippen LogP contribution is 2.21. The van der Waals surface area contributed by atoms with E-state index < -0.39 is 0 Å². The minimum atomic E-state index is 1.17. The quantitative estimate of drug-likeness (QED) is 0.574. The molecule has 0 nitrogen and oxygen atoms in total. The number of aryl methyl sites for hydroxylation is 1. The van der Waals surface area contributed by atoms with Gasteiger partial charge in [-0.1, -0.05) is 81.0 Å². The Kier molecular flexibility index (Phi) is 4.97. The van der Waals surface area contributed by atoms with E-state index in [0.29, 0.717) is 0 Å². The lowest BCUT2D eigenvalue weighted by Crippen LogP contribution is -1.86. The smallest absolute Gasteiger partial charge is 0.0184 e. The van der Waals surface area contributed by atoms with Crippen molar-refractivity contribution in [3.05, 3.63) is 66.2 Å². The molecule has 19 heavy (non-hydrogen) atoms. The maximum absolute atomic E-state index is 3.78. The molecule has 2 rings (SSSR count). The second-order valence-electron chi connectivity index (χ2n) is 4.98. The lowest BCUT2D eigenvalue weighted by molar-refractivity contribution is 0.717. The average Bonchev–Trinajstić information content (AvgIpc) is 2.48. The number of unbranched alkanes of at least 4 members (excludes halogenated alkanes) is 2. The van der Waals surface area contributed by atoms with Crippen LogP contribution >= 0.6 is 0 Å². The first kappa shape index (κ1) is 13.6. The predicted octanol–water partition coefficient (Wildman–Crippen LogP) is 5.73. The zero-order chi connectivity index (χ0) is 13.5. The Bertz CT molecular complexity index is 503. The molecular weight excluding hydrogens is 228 g/mol. The van der Waals surface area contributed by atoms with E-state index in [-0.39, 0.29) is 0 Å². The van der Waals surface area contributed by atoms with Crippen molar-refractivity contribution in [2.75, 3.05) is 0 Å². The van der Waals surface area contributed by atoms with Crippen molar-refractivity contribution in [1.29, 1.82) is 0 Å². The molecule has 0 heteroatoms. The van der Waals surface area contributed by atoms with Gasteiger partial charge in [0.15, 0.2) is 0 Å². The Morgan fingerprint density at radius 1 is 0.842 bits per heavy atom. The van der Waals surface area contributed by atoms with Crippen molar-refractivity contribution >= 4 is 6.08 Å². The third-order valence-corrected chi connectivity index (χ3v) is 3.50. The Hall–Kier alpha value is -1.82. The van der Waals surface area contributed by atoms with Crippen LogP contribution in [0.2, 0.25) is 0 Å². The fourth-order valence-corrected chi connectivity index (χ4v) is 2.25. The first-order valence-corrected chi connectivity index (χ1v) is 7.15. The van der Waals surface area contributed by atoms with Crippen LogP contribution in [0.15, 0.2) is 55.1 Å². The SMILES string of the molecule is C=Cc1ccc(-c2ccc(CCCCC)cc2)cc1. The molecule has 98 valence electrons. The van der Waals surface area contributed by atoms with Gasteiger partial charge in [0.25, 0.3) is 0 Å². The summed E-state index contributed by atoms with van der Waals surface area (Å²) in [6.45, 7) is 6.03. The Morgan fingerprint density at radius 2 is 1.42 bits per heavy atom. The number of benzene rings is 2. The van der Waals surface area contributed by atoms with E-state index in [1.807, 2.05) is 6.08 Å². The Morgan fingerprint density at radius 3 is 1.95 bits per heavy atom. The van der Waals surface area contributed by atoms with Crippen LogP contribution in [0, 0.1) is 0 Å². The van der Waals surface area contributed by atoms with Crippen molar-refractivity contribution in [3.8, 4) is 11.1 Å². The van der Waals surface area contributed by atoms with Gasteiger partial charge >= 0.3 is 0 Å². The summed E-state index contributed by atoms with van der Waals surface area (Å²) in [5.41, 5.74) is 5.17. The average molecular weight is 250 g/mol.